The molecule has 0 radical (unpaired) electrons. The molecule has 0 atom stereocenters. The molecule has 0 fully saturated rings. The topological polar surface area (TPSA) is 58.4 Å². The molecule has 2 amide bonds. The van der Waals surface area contributed by atoms with E-state index in [1.165, 1.54) is 0 Å². The molecule has 106 valence electrons. The van der Waals surface area contributed by atoms with Crippen LogP contribution in [0.25, 0.3) is 0 Å². The second kappa shape index (κ2) is 5.77. The lowest BCUT2D eigenvalue weighted by Gasteiger charge is -2.17. The van der Waals surface area contributed by atoms with E-state index in [1.54, 1.807) is 11.9 Å². The summed E-state index contributed by atoms with van der Waals surface area (Å²) in [5, 5.41) is 6.79. The number of amides is 2. The fraction of sp³-hybridized carbons (Fsp3) is 0.333. The van der Waals surface area contributed by atoms with E-state index < -0.39 is 0 Å². The van der Waals surface area contributed by atoms with Crippen LogP contribution in [0.2, 0.25) is 0 Å². The van der Waals surface area contributed by atoms with Gasteiger partial charge in [0.1, 0.15) is 11.5 Å². The van der Waals surface area contributed by atoms with Crippen molar-refractivity contribution in [3.8, 4) is 0 Å². The largest absolute Gasteiger partial charge is 0.361 e. The minimum absolute atomic E-state index is 0.167. The number of rotatable bonds is 3. The second-order valence-electron chi connectivity index (χ2n) is 5.03. The van der Waals surface area contributed by atoms with Crippen molar-refractivity contribution in [1.29, 1.82) is 0 Å². The zero-order valence-corrected chi connectivity index (χ0v) is 12.2. The lowest BCUT2D eigenvalue weighted by Crippen LogP contribution is -2.31. The average Bonchev–Trinajstić information content (AvgIpc) is 2.79. The van der Waals surface area contributed by atoms with E-state index in [-0.39, 0.29) is 6.03 Å². The van der Waals surface area contributed by atoms with E-state index in [0.29, 0.717) is 6.54 Å². The number of anilines is 1. The number of nitrogens with one attached hydrogen (secondary N) is 1. The number of aromatic nitrogens is 1. The highest BCUT2D eigenvalue weighted by atomic mass is 16.5. The summed E-state index contributed by atoms with van der Waals surface area (Å²) in [5.41, 5.74) is 3.72. The van der Waals surface area contributed by atoms with E-state index in [0.717, 1.165) is 28.3 Å². The zero-order chi connectivity index (χ0) is 14.7. The first kappa shape index (κ1) is 14.1. The van der Waals surface area contributed by atoms with Crippen molar-refractivity contribution < 1.29 is 9.32 Å². The molecule has 0 aliphatic rings. The van der Waals surface area contributed by atoms with E-state index in [4.69, 9.17) is 4.52 Å². The van der Waals surface area contributed by atoms with Gasteiger partial charge in [-0.2, -0.15) is 0 Å². The lowest BCUT2D eigenvalue weighted by atomic mass is 10.1. The first-order valence-corrected chi connectivity index (χ1v) is 6.47. The summed E-state index contributed by atoms with van der Waals surface area (Å²) < 4.78 is 4.99. The first-order valence-electron chi connectivity index (χ1n) is 6.47. The molecule has 5 heteroatoms. The minimum Gasteiger partial charge on any atom is -0.361 e. The molecule has 5 nitrogen and oxygen atoms in total. The number of carbonyl (C=O) groups is 1. The molecule has 1 aromatic carbocycles. The zero-order valence-electron chi connectivity index (χ0n) is 12.2. The summed E-state index contributed by atoms with van der Waals surface area (Å²) in [6, 6.07) is 7.63. The van der Waals surface area contributed by atoms with E-state index >= 15 is 0 Å². The Hall–Kier alpha value is -2.30. The van der Waals surface area contributed by atoms with Crippen LogP contribution in [0.3, 0.4) is 0 Å². The average molecular weight is 273 g/mol. The van der Waals surface area contributed by atoms with E-state index in [1.807, 2.05) is 45.0 Å². The van der Waals surface area contributed by atoms with E-state index in [9.17, 15) is 4.79 Å². The number of carbonyl (C=O) groups excluding carboxylic acids is 1. The third-order valence-corrected chi connectivity index (χ3v) is 3.06. The monoisotopic (exact) mass is 273 g/mol. The Morgan fingerprint density at radius 2 is 2.05 bits per heavy atom. The molecule has 1 aromatic heterocycles. The van der Waals surface area contributed by atoms with Crippen molar-refractivity contribution in [1.82, 2.24) is 10.1 Å². The van der Waals surface area contributed by atoms with Gasteiger partial charge in [-0.05, 0) is 38.0 Å². The summed E-state index contributed by atoms with van der Waals surface area (Å²) in [5.74, 6) is 0.739. The van der Waals surface area contributed by atoms with Crippen LogP contribution in [0.4, 0.5) is 10.5 Å². The molecular formula is C15H19N3O2. The normalized spacial score (nSPS) is 10.4. The molecule has 0 bridgehead atoms. The van der Waals surface area contributed by atoms with Crippen LogP contribution in [0, 0.1) is 20.8 Å². The Kier molecular flexibility index (Phi) is 4.08. The molecule has 20 heavy (non-hydrogen) atoms. The fourth-order valence-electron chi connectivity index (χ4n) is 1.89. The molecule has 0 aliphatic carbocycles. The number of urea groups is 1. The van der Waals surface area contributed by atoms with Gasteiger partial charge in [-0.15, -0.1) is 0 Å². The number of hydrogen-bond acceptors (Lipinski definition) is 3. The third kappa shape index (κ3) is 3.38. The van der Waals surface area contributed by atoms with Gasteiger partial charge in [0, 0.05) is 18.8 Å². The van der Waals surface area contributed by atoms with Crippen LogP contribution in [0.5, 0.6) is 0 Å². The van der Waals surface area contributed by atoms with Gasteiger partial charge in [0.2, 0.25) is 0 Å². The summed E-state index contributed by atoms with van der Waals surface area (Å²) >= 11 is 0. The number of aryl methyl sites for hydroxylation is 3. The molecule has 0 saturated heterocycles. The fourth-order valence-corrected chi connectivity index (χ4v) is 1.89. The predicted octanol–water partition coefficient (Wildman–Crippen LogP) is 3.26. The maximum atomic E-state index is 12.1. The quantitative estimate of drug-likeness (QED) is 0.933. The summed E-state index contributed by atoms with van der Waals surface area (Å²) in [7, 11) is 1.73. The third-order valence-electron chi connectivity index (χ3n) is 3.06. The predicted molar refractivity (Wildman–Crippen MR) is 77.6 cm³/mol. The van der Waals surface area contributed by atoms with Crippen molar-refractivity contribution in [2.75, 3.05) is 12.4 Å². The van der Waals surface area contributed by atoms with Crippen LogP contribution in [0.1, 0.15) is 22.6 Å². The van der Waals surface area contributed by atoms with Gasteiger partial charge in [-0.25, -0.2) is 4.79 Å². The Bertz CT molecular complexity index is 619. The Balaban J connectivity index is 2.02. The van der Waals surface area contributed by atoms with Crippen LogP contribution in [-0.2, 0) is 6.54 Å². The summed E-state index contributed by atoms with van der Waals surface area (Å²) in [6.07, 6.45) is 0. The SMILES string of the molecule is Cc1ccc(C)c(NC(=O)N(C)Cc2cc(C)on2)c1. The molecule has 2 rings (SSSR count). The van der Waals surface area contributed by atoms with Crippen molar-refractivity contribution >= 4 is 11.7 Å². The molecule has 0 aliphatic heterocycles. The number of benzene rings is 1. The number of hydrogen-bond donors (Lipinski definition) is 1. The molecule has 0 unspecified atom stereocenters. The molecule has 1 N–H and O–H groups in total. The Morgan fingerprint density at radius 1 is 1.30 bits per heavy atom. The molecule has 0 saturated carbocycles. The smallest absolute Gasteiger partial charge is 0.321 e. The highest BCUT2D eigenvalue weighted by molar-refractivity contribution is 5.90. The van der Waals surface area contributed by atoms with Gasteiger partial charge < -0.3 is 14.7 Å². The highest BCUT2D eigenvalue weighted by Crippen LogP contribution is 2.17. The molecule has 0 spiro atoms. The standard InChI is InChI=1S/C15H19N3O2/c1-10-5-6-11(2)14(7-10)16-15(19)18(4)9-13-8-12(3)20-17-13/h5-8H,9H2,1-4H3,(H,16,19). The highest BCUT2D eigenvalue weighted by Gasteiger charge is 2.12. The summed E-state index contributed by atoms with van der Waals surface area (Å²) in [4.78, 5) is 13.7. The molecular weight excluding hydrogens is 254 g/mol. The van der Waals surface area contributed by atoms with Crippen molar-refractivity contribution in [3.63, 3.8) is 0 Å². The maximum Gasteiger partial charge on any atom is 0.321 e. The van der Waals surface area contributed by atoms with Crippen LogP contribution in [-0.4, -0.2) is 23.1 Å². The maximum absolute atomic E-state index is 12.1. The van der Waals surface area contributed by atoms with E-state index in [2.05, 4.69) is 10.5 Å². The van der Waals surface area contributed by atoms with Crippen molar-refractivity contribution in [3.05, 3.63) is 46.8 Å². The minimum atomic E-state index is -0.167. The lowest BCUT2D eigenvalue weighted by molar-refractivity contribution is 0.219. The molecule has 1 heterocycles. The Morgan fingerprint density at radius 3 is 2.70 bits per heavy atom. The second-order valence-corrected chi connectivity index (χ2v) is 5.03. The Labute approximate surface area is 118 Å². The first-order chi connectivity index (χ1) is 9.45. The van der Waals surface area contributed by atoms with Crippen LogP contribution in [0.15, 0.2) is 28.8 Å². The van der Waals surface area contributed by atoms with Gasteiger partial charge in [0.25, 0.3) is 0 Å². The van der Waals surface area contributed by atoms with Crippen molar-refractivity contribution in [2.45, 2.75) is 27.3 Å². The van der Waals surface area contributed by atoms with Gasteiger partial charge in [-0.1, -0.05) is 17.3 Å². The van der Waals surface area contributed by atoms with Crippen LogP contribution >= 0.6 is 0 Å². The number of nitrogens with zero attached hydrogens (tertiary/aromatic N) is 2. The van der Waals surface area contributed by atoms with Gasteiger partial charge >= 0.3 is 6.03 Å². The van der Waals surface area contributed by atoms with Gasteiger partial charge in [0.15, 0.2) is 0 Å². The van der Waals surface area contributed by atoms with Crippen LogP contribution < -0.4 is 5.32 Å². The molecule has 2 aromatic rings. The van der Waals surface area contributed by atoms with Crippen molar-refractivity contribution in [2.24, 2.45) is 0 Å². The van der Waals surface area contributed by atoms with Gasteiger partial charge in [0.05, 0.1) is 6.54 Å². The summed E-state index contributed by atoms with van der Waals surface area (Å²) in [6.45, 7) is 6.20. The van der Waals surface area contributed by atoms with Gasteiger partial charge in [-0.3, -0.25) is 0 Å².